The second-order valence-corrected chi connectivity index (χ2v) is 3.80. The number of Topliss-reactive ketones (excluding diaryl/α,β-unsaturated/α-hetero) is 1. The molecular weight excluding hydrogens is 156 g/mol. The lowest BCUT2D eigenvalue weighted by molar-refractivity contribution is -0.140. The van der Waals surface area contributed by atoms with Gasteiger partial charge in [0.15, 0.2) is 0 Å². The summed E-state index contributed by atoms with van der Waals surface area (Å²) in [5.74, 6) is -1.22. The second-order valence-electron chi connectivity index (χ2n) is 3.80. The monoisotopic (exact) mass is 172 g/mol. The van der Waals surface area contributed by atoms with E-state index in [0.717, 1.165) is 6.42 Å². The van der Waals surface area contributed by atoms with Crippen molar-refractivity contribution >= 4 is 11.8 Å². The van der Waals surface area contributed by atoms with Crippen LogP contribution in [0.2, 0.25) is 0 Å². The topological polar surface area (TPSA) is 54.4 Å². The Morgan fingerprint density at radius 1 is 1.33 bits per heavy atom. The molecular formula is C9H16O3. The van der Waals surface area contributed by atoms with Gasteiger partial charge in [0, 0.05) is 6.42 Å². The number of aliphatic carboxylic acids is 1. The van der Waals surface area contributed by atoms with Gasteiger partial charge in [-0.2, -0.15) is 0 Å². The number of rotatable bonds is 5. The molecule has 0 fully saturated rings. The smallest absolute Gasteiger partial charge is 0.310 e. The Balaban J connectivity index is 3.92. The molecule has 70 valence electrons. The standard InChI is InChI=1S/C9H16O3/c1-4-9(2,3)6-7(10)5-8(11)12/h4-6H2,1-3H3,(H,11,12). The van der Waals surface area contributed by atoms with Crippen molar-refractivity contribution in [2.24, 2.45) is 5.41 Å². The first-order valence-corrected chi connectivity index (χ1v) is 4.11. The number of ketones is 1. The number of carbonyl (C=O) groups excluding carboxylic acids is 1. The number of hydrogen-bond donors (Lipinski definition) is 1. The molecule has 0 rings (SSSR count). The Bertz CT molecular complexity index is 182. The van der Waals surface area contributed by atoms with Crippen LogP contribution in [-0.4, -0.2) is 16.9 Å². The van der Waals surface area contributed by atoms with E-state index in [4.69, 9.17) is 5.11 Å². The Morgan fingerprint density at radius 3 is 2.17 bits per heavy atom. The molecule has 0 unspecified atom stereocenters. The van der Waals surface area contributed by atoms with Crippen LogP contribution in [-0.2, 0) is 9.59 Å². The summed E-state index contributed by atoms with van der Waals surface area (Å²) in [6, 6.07) is 0. The normalized spacial score (nSPS) is 11.2. The molecule has 1 N–H and O–H groups in total. The minimum Gasteiger partial charge on any atom is -0.481 e. The van der Waals surface area contributed by atoms with E-state index >= 15 is 0 Å². The summed E-state index contributed by atoms with van der Waals surface area (Å²) in [6.45, 7) is 5.92. The lowest BCUT2D eigenvalue weighted by Gasteiger charge is -2.20. The molecule has 0 saturated carbocycles. The fourth-order valence-electron chi connectivity index (χ4n) is 0.890. The van der Waals surface area contributed by atoms with Gasteiger partial charge in [-0.1, -0.05) is 27.2 Å². The summed E-state index contributed by atoms with van der Waals surface area (Å²) in [5.41, 5.74) is -0.0630. The first-order valence-electron chi connectivity index (χ1n) is 4.11. The van der Waals surface area contributed by atoms with Crippen molar-refractivity contribution in [3.05, 3.63) is 0 Å². The highest BCUT2D eigenvalue weighted by molar-refractivity contribution is 5.94. The van der Waals surface area contributed by atoms with E-state index in [9.17, 15) is 9.59 Å². The van der Waals surface area contributed by atoms with Crippen molar-refractivity contribution in [2.75, 3.05) is 0 Å². The highest BCUT2D eigenvalue weighted by Gasteiger charge is 2.20. The predicted octanol–water partition coefficient (Wildman–Crippen LogP) is 1.86. The molecule has 3 nitrogen and oxygen atoms in total. The van der Waals surface area contributed by atoms with E-state index < -0.39 is 5.97 Å². The summed E-state index contributed by atoms with van der Waals surface area (Å²) < 4.78 is 0. The van der Waals surface area contributed by atoms with E-state index in [-0.39, 0.29) is 17.6 Å². The highest BCUT2D eigenvalue weighted by atomic mass is 16.4. The van der Waals surface area contributed by atoms with Crippen LogP contribution in [0.15, 0.2) is 0 Å². The van der Waals surface area contributed by atoms with Crippen LogP contribution in [0.1, 0.15) is 40.0 Å². The SMILES string of the molecule is CCC(C)(C)CC(=O)CC(=O)O. The molecule has 0 spiro atoms. The fourth-order valence-corrected chi connectivity index (χ4v) is 0.890. The molecule has 0 aromatic rings. The van der Waals surface area contributed by atoms with Crippen molar-refractivity contribution in [1.82, 2.24) is 0 Å². The Morgan fingerprint density at radius 2 is 1.83 bits per heavy atom. The maximum atomic E-state index is 11.0. The van der Waals surface area contributed by atoms with Gasteiger partial charge in [-0.15, -0.1) is 0 Å². The third-order valence-electron chi connectivity index (χ3n) is 1.98. The van der Waals surface area contributed by atoms with Crippen LogP contribution >= 0.6 is 0 Å². The quantitative estimate of drug-likeness (QED) is 0.644. The lowest BCUT2D eigenvalue weighted by Crippen LogP contribution is -2.18. The molecule has 12 heavy (non-hydrogen) atoms. The average molecular weight is 172 g/mol. The number of carbonyl (C=O) groups is 2. The first kappa shape index (κ1) is 11.1. The number of carboxylic acid groups (broad SMARTS) is 1. The molecule has 0 heterocycles. The molecule has 0 bridgehead atoms. The highest BCUT2D eigenvalue weighted by Crippen LogP contribution is 2.24. The van der Waals surface area contributed by atoms with Crippen molar-refractivity contribution < 1.29 is 14.7 Å². The minimum atomic E-state index is -1.04. The van der Waals surface area contributed by atoms with E-state index in [1.165, 1.54) is 0 Å². The first-order chi connectivity index (χ1) is 5.37. The summed E-state index contributed by atoms with van der Waals surface area (Å²) in [5, 5.41) is 8.33. The maximum Gasteiger partial charge on any atom is 0.310 e. The van der Waals surface area contributed by atoms with Gasteiger partial charge < -0.3 is 5.11 Å². The molecule has 0 saturated heterocycles. The van der Waals surface area contributed by atoms with Crippen LogP contribution in [0.3, 0.4) is 0 Å². The van der Waals surface area contributed by atoms with Gasteiger partial charge in [0.25, 0.3) is 0 Å². The third kappa shape index (κ3) is 4.88. The van der Waals surface area contributed by atoms with E-state index in [1.807, 2.05) is 20.8 Å². The summed E-state index contributed by atoms with van der Waals surface area (Å²) in [6.07, 6.45) is 0.900. The van der Waals surface area contributed by atoms with Gasteiger partial charge in [-0.05, 0) is 5.41 Å². The van der Waals surface area contributed by atoms with Crippen LogP contribution in [0.25, 0.3) is 0 Å². The molecule has 3 heteroatoms. The molecule has 0 aliphatic carbocycles. The minimum absolute atomic E-state index is 0.0630. The average Bonchev–Trinajstić information content (AvgIpc) is 1.84. The molecule has 0 aromatic heterocycles. The molecule has 0 aliphatic rings. The largest absolute Gasteiger partial charge is 0.481 e. The van der Waals surface area contributed by atoms with Crippen molar-refractivity contribution in [2.45, 2.75) is 40.0 Å². The zero-order valence-electron chi connectivity index (χ0n) is 7.89. The van der Waals surface area contributed by atoms with Crippen LogP contribution < -0.4 is 0 Å². The predicted molar refractivity (Wildman–Crippen MR) is 45.9 cm³/mol. The Labute approximate surface area is 72.8 Å². The zero-order valence-corrected chi connectivity index (χ0v) is 7.89. The summed E-state index contributed by atoms with van der Waals surface area (Å²) in [4.78, 5) is 21.2. The molecule has 0 atom stereocenters. The van der Waals surface area contributed by atoms with Gasteiger partial charge in [0.05, 0.1) is 0 Å². The summed E-state index contributed by atoms with van der Waals surface area (Å²) >= 11 is 0. The van der Waals surface area contributed by atoms with E-state index in [2.05, 4.69) is 0 Å². The molecule has 0 aliphatic heterocycles. The van der Waals surface area contributed by atoms with Crippen molar-refractivity contribution in [3.8, 4) is 0 Å². The number of hydrogen-bond acceptors (Lipinski definition) is 2. The van der Waals surface area contributed by atoms with Gasteiger partial charge >= 0.3 is 5.97 Å². The lowest BCUT2D eigenvalue weighted by atomic mass is 9.84. The van der Waals surface area contributed by atoms with Gasteiger partial charge in [0.1, 0.15) is 12.2 Å². The molecule has 0 aromatic carbocycles. The van der Waals surface area contributed by atoms with Crippen molar-refractivity contribution in [3.63, 3.8) is 0 Å². The van der Waals surface area contributed by atoms with Crippen molar-refractivity contribution in [1.29, 1.82) is 0 Å². The fraction of sp³-hybridized carbons (Fsp3) is 0.778. The third-order valence-corrected chi connectivity index (χ3v) is 1.98. The van der Waals surface area contributed by atoms with Gasteiger partial charge in [-0.25, -0.2) is 0 Å². The zero-order chi connectivity index (χ0) is 9.78. The van der Waals surface area contributed by atoms with Crippen LogP contribution in [0, 0.1) is 5.41 Å². The summed E-state index contributed by atoms with van der Waals surface area (Å²) in [7, 11) is 0. The number of carboxylic acids is 1. The van der Waals surface area contributed by atoms with Gasteiger partial charge in [0.2, 0.25) is 0 Å². The van der Waals surface area contributed by atoms with Crippen LogP contribution in [0.5, 0.6) is 0 Å². The molecule has 0 radical (unpaired) electrons. The maximum absolute atomic E-state index is 11.0. The molecule has 0 amide bonds. The van der Waals surface area contributed by atoms with E-state index in [1.54, 1.807) is 0 Å². The van der Waals surface area contributed by atoms with Gasteiger partial charge in [-0.3, -0.25) is 9.59 Å². The Kier molecular flexibility index (Phi) is 3.93. The second kappa shape index (κ2) is 4.24. The van der Waals surface area contributed by atoms with Crippen LogP contribution in [0.4, 0.5) is 0 Å². The Hall–Kier alpha value is -0.860. The van der Waals surface area contributed by atoms with E-state index in [0.29, 0.717) is 6.42 Å².